The van der Waals surface area contributed by atoms with Crippen LogP contribution >= 0.6 is 0 Å². The molecule has 0 spiro atoms. The van der Waals surface area contributed by atoms with Crippen molar-refractivity contribution < 1.29 is 4.74 Å². The van der Waals surface area contributed by atoms with Crippen molar-refractivity contribution in [1.29, 1.82) is 0 Å². The van der Waals surface area contributed by atoms with E-state index in [1.54, 1.807) is 0 Å². The first-order valence-corrected chi connectivity index (χ1v) is 5.18. The zero-order valence-electron chi connectivity index (χ0n) is 7.70. The van der Waals surface area contributed by atoms with E-state index < -0.39 is 0 Å². The maximum Gasteiger partial charge on any atom is 0.122 e. The molecule has 68 valence electrons. The van der Waals surface area contributed by atoms with E-state index in [9.17, 15) is 0 Å². The molecule has 1 nitrogen and oxygen atoms in total. The molecule has 0 aromatic heterocycles. The molecule has 1 heterocycles. The molecule has 1 aliphatic carbocycles. The van der Waals surface area contributed by atoms with Crippen molar-refractivity contribution in [2.75, 3.05) is 0 Å². The number of ether oxygens (including phenoxy) is 1. The molecule has 1 aromatic carbocycles. The van der Waals surface area contributed by atoms with E-state index >= 15 is 0 Å². The molecule has 2 aliphatic rings. The zero-order chi connectivity index (χ0) is 8.67. The molecule has 2 atom stereocenters. The first-order chi connectivity index (χ1) is 6.43. The van der Waals surface area contributed by atoms with Gasteiger partial charge in [0, 0.05) is 0 Å². The van der Waals surface area contributed by atoms with Gasteiger partial charge < -0.3 is 4.74 Å². The Morgan fingerprint density at radius 3 is 3.08 bits per heavy atom. The number of hydrogen-bond acceptors (Lipinski definition) is 1. The second-order valence-electron chi connectivity index (χ2n) is 4.16. The highest BCUT2D eigenvalue weighted by Crippen LogP contribution is 2.38. The fraction of sp³-hybridized carbons (Fsp3) is 0.500. The summed E-state index contributed by atoms with van der Waals surface area (Å²) in [5.74, 6) is 1.93. The summed E-state index contributed by atoms with van der Waals surface area (Å²) in [6.07, 6.45) is 5.73. The lowest BCUT2D eigenvalue weighted by Crippen LogP contribution is -2.27. The van der Waals surface area contributed by atoms with Crippen molar-refractivity contribution in [3.05, 3.63) is 29.8 Å². The molecule has 0 radical (unpaired) electrons. The number of hydrogen-bond donors (Lipinski definition) is 0. The fourth-order valence-corrected chi connectivity index (χ4v) is 2.62. The Morgan fingerprint density at radius 2 is 2.08 bits per heavy atom. The van der Waals surface area contributed by atoms with E-state index in [0.29, 0.717) is 6.10 Å². The summed E-state index contributed by atoms with van der Waals surface area (Å²) in [6, 6.07) is 8.47. The van der Waals surface area contributed by atoms with Crippen molar-refractivity contribution in [2.24, 2.45) is 5.92 Å². The van der Waals surface area contributed by atoms with Crippen LogP contribution in [0, 0.1) is 5.92 Å². The third kappa shape index (κ3) is 1.14. The van der Waals surface area contributed by atoms with Gasteiger partial charge in [0.1, 0.15) is 11.9 Å². The second kappa shape index (κ2) is 2.76. The van der Waals surface area contributed by atoms with Gasteiger partial charge in [0.05, 0.1) is 0 Å². The number of rotatable bonds is 0. The van der Waals surface area contributed by atoms with Crippen LogP contribution in [0.3, 0.4) is 0 Å². The third-order valence-corrected chi connectivity index (χ3v) is 3.32. The van der Waals surface area contributed by atoms with Gasteiger partial charge in [-0.25, -0.2) is 0 Å². The average molecular weight is 174 g/mol. The Hall–Kier alpha value is -0.980. The van der Waals surface area contributed by atoms with E-state index in [0.717, 1.165) is 11.7 Å². The van der Waals surface area contributed by atoms with Crippen molar-refractivity contribution in [3.63, 3.8) is 0 Å². The maximum atomic E-state index is 5.96. The van der Waals surface area contributed by atoms with Gasteiger partial charge in [-0.2, -0.15) is 0 Å². The highest BCUT2D eigenvalue weighted by Gasteiger charge is 2.33. The van der Waals surface area contributed by atoms with Crippen LogP contribution < -0.4 is 4.74 Å². The number of fused-ring (bicyclic) bond motifs is 2. The summed E-state index contributed by atoms with van der Waals surface area (Å²) in [4.78, 5) is 0. The molecule has 13 heavy (non-hydrogen) atoms. The molecule has 0 bridgehead atoms. The monoisotopic (exact) mass is 174 g/mol. The summed E-state index contributed by atoms with van der Waals surface area (Å²) in [5.41, 5.74) is 1.41. The van der Waals surface area contributed by atoms with Crippen molar-refractivity contribution in [1.82, 2.24) is 0 Å². The van der Waals surface area contributed by atoms with Crippen LogP contribution in [0.4, 0.5) is 0 Å². The van der Waals surface area contributed by atoms with Crippen LogP contribution in [0.5, 0.6) is 5.75 Å². The van der Waals surface area contributed by atoms with Crippen LogP contribution in [0.25, 0.3) is 0 Å². The van der Waals surface area contributed by atoms with Gasteiger partial charge in [-0.3, -0.25) is 0 Å². The van der Waals surface area contributed by atoms with Crippen molar-refractivity contribution in [3.8, 4) is 5.75 Å². The molecule has 0 saturated heterocycles. The molecular formula is C12H14O. The SMILES string of the molecule is c1ccc2c(c1)CC1CCCC1O2. The fourth-order valence-electron chi connectivity index (χ4n) is 2.62. The summed E-state index contributed by atoms with van der Waals surface area (Å²) >= 11 is 0. The molecule has 1 aliphatic heterocycles. The van der Waals surface area contributed by atoms with Crippen molar-refractivity contribution in [2.45, 2.75) is 31.8 Å². The first kappa shape index (κ1) is 7.43. The second-order valence-corrected chi connectivity index (χ2v) is 4.16. The van der Waals surface area contributed by atoms with Gasteiger partial charge in [-0.1, -0.05) is 18.2 Å². The molecule has 2 unspecified atom stereocenters. The van der Waals surface area contributed by atoms with Gasteiger partial charge >= 0.3 is 0 Å². The summed E-state index contributed by atoms with van der Waals surface area (Å²) in [7, 11) is 0. The molecule has 1 saturated carbocycles. The molecule has 0 amide bonds. The van der Waals surface area contributed by atoms with Gasteiger partial charge in [-0.05, 0) is 43.2 Å². The van der Waals surface area contributed by atoms with Gasteiger partial charge in [0.2, 0.25) is 0 Å². The summed E-state index contributed by atoms with van der Waals surface area (Å²) in [5, 5.41) is 0. The molecule has 1 fully saturated rings. The maximum absolute atomic E-state index is 5.96. The van der Waals surface area contributed by atoms with Gasteiger partial charge in [0.15, 0.2) is 0 Å². The highest BCUT2D eigenvalue weighted by atomic mass is 16.5. The van der Waals surface area contributed by atoms with E-state index in [2.05, 4.69) is 24.3 Å². The zero-order valence-corrected chi connectivity index (χ0v) is 7.70. The largest absolute Gasteiger partial charge is 0.490 e. The predicted molar refractivity (Wildman–Crippen MR) is 51.9 cm³/mol. The van der Waals surface area contributed by atoms with Crippen LogP contribution in [0.15, 0.2) is 24.3 Å². The molecule has 3 rings (SSSR count). The standard InChI is InChI=1S/C12H14O/c1-2-6-11-9(4-1)8-10-5-3-7-12(10)13-11/h1-2,4,6,10,12H,3,5,7-8H2. The van der Waals surface area contributed by atoms with Crippen LogP contribution in [0.2, 0.25) is 0 Å². The van der Waals surface area contributed by atoms with E-state index in [4.69, 9.17) is 4.74 Å². The Labute approximate surface area is 78.7 Å². The van der Waals surface area contributed by atoms with Crippen LogP contribution in [0.1, 0.15) is 24.8 Å². The highest BCUT2D eigenvalue weighted by molar-refractivity contribution is 5.35. The van der Waals surface area contributed by atoms with Crippen LogP contribution in [-0.2, 0) is 6.42 Å². The first-order valence-electron chi connectivity index (χ1n) is 5.18. The minimum atomic E-state index is 0.523. The smallest absolute Gasteiger partial charge is 0.122 e. The number of para-hydroxylation sites is 1. The molecule has 1 aromatic rings. The summed E-state index contributed by atoms with van der Waals surface area (Å²) in [6.45, 7) is 0. The average Bonchev–Trinajstić information content (AvgIpc) is 2.61. The minimum absolute atomic E-state index is 0.523. The lowest BCUT2D eigenvalue weighted by Gasteiger charge is -2.28. The topological polar surface area (TPSA) is 9.23 Å². The lowest BCUT2D eigenvalue weighted by molar-refractivity contribution is 0.138. The third-order valence-electron chi connectivity index (χ3n) is 3.32. The molecule has 1 heteroatoms. The predicted octanol–water partition coefficient (Wildman–Crippen LogP) is 2.79. The Bertz CT molecular complexity index is 288. The quantitative estimate of drug-likeness (QED) is 0.587. The Morgan fingerprint density at radius 1 is 1.15 bits per heavy atom. The van der Waals surface area contributed by atoms with Gasteiger partial charge in [0.25, 0.3) is 0 Å². The minimum Gasteiger partial charge on any atom is -0.490 e. The van der Waals surface area contributed by atoms with Gasteiger partial charge in [-0.15, -0.1) is 0 Å². The lowest BCUT2D eigenvalue weighted by atomic mass is 9.93. The Balaban J connectivity index is 1.97. The number of benzene rings is 1. The molecular weight excluding hydrogens is 160 g/mol. The van der Waals surface area contributed by atoms with E-state index in [-0.39, 0.29) is 0 Å². The summed E-state index contributed by atoms with van der Waals surface area (Å²) < 4.78 is 5.96. The van der Waals surface area contributed by atoms with Crippen LogP contribution in [-0.4, -0.2) is 6.10 Å². The Kier molecular flexibility index (Phi) is 1.58. The molecule has 0 N–H and O–H groups in total. The van der Waals surface area contributed by atoms with Crippen molar-refractivity contribution >= 4 is 0 Å². The van der Waals surface area contributed by atoms with E-state index in [1.165, 1.54) is 31.2 Å². The van der Waals surface area contributed by atoms with E-state index in [1.807, 2.05) is 0 Å². The normalized spacial score (nSPS) is 30.5.